The number of carbonyl (C=O) groups is 1. The first-order valence-electron chi connectivity index (χ1n) is 2.37. The van der Waals surface area contributed by atoms with E-state index in [0.717, 1.165) is 11.5 Å². The lowest BCUT2D eigenvalue weighted by Gasteiger charge is -1.81. The molecule has 0 aliphatic rings. The monoisotopic (exact) mass is 162 g/mol. The van der Waals surface area contributed by atoms with Crippen molar-refractivity contribution in [1.82, 2.24) is 9.36 Å². The maximum atomic E-state index is 11.2. The molecule has 0 atom stereocenters. The predicted octanol–water partition coefficient (Wildman–Crippen LogP) is 0.888. The van der Waals surface area contributed by atoms with Crippen molar-refractivity contribution in [1.29, 1.82) is 0 Å². The van der Waals surface area contributed by atoms with Gasteiger partial charge in [0.15, 0.2) is 0 Å². The summed E-state index contributed by atoms with van der Waals surface area (Å²) < 4.78 is 14.8. The minimum atomic E-state index is -1.09. The van der Waals surface area contributed by atoms with Crippen LogP contribution in [-0.2, 0) is 4.94 Å². The first-order valence-corrected chi connectivity index (χ1v) is 3.14. The highest BCUT2D eigenvalue weighted by molar-refractivity contribution is 7.07. The Hall–Kier alpha value is -1.04. The molecule has 1 aromatic rings. The van der Waals surface area contributed by atoms with Crippen LogP contribution in [0.5, 0.6) is 0 Å². The number of rotatable bonds is 1. The molecule has 0 unspecified atom stereocenters. The summed E-state index contributed by atoms with van der Waals surface area (Å²) in [5.41, 5.74) is 0. The standard InChI is InChI=1S/C4H3FN2O2S/c1-2-6-3(10-7-2)4(8)9-5/h1H3. The van der Waals surface area contributed by atoms with Crippen molar-refractivity contribution < 1.29 is 14.3 Å². The zero-order valence-electron chi connectivity index (χ0n) is 5.00. The molecule has 0 fully saturated rings. The molecular formula is C4H3FN2O2S. The normalized spacial score (nSPS) is 9.40. The van der Waals surface area contributed by atoms with Gasteiger partial charge in [-0.2, -0.15) is 4.37 Å². The van der Waals surface area contributed by atoms with E-state index in [-0.39, 0.29) is 5.01 Å². The zero-order valence-corrected chi connectivity index (χ0v) is 5.81. The van der Waals surface area contributed by atoms with Crippen LogP contribution in [0.2, 0.25) is 0 Å². The van der Waals surface area contributed by atoms with Gasteiger partial charge in [-0.3, -0.25) is 0 Å². The van der Waals surface area contributed by atoms with E-state index in [1.807, 2.05) is 0 Å². The van der Waals surface area contributed by atoms with Crippen LogP contribution in [0.1, 0.15) is 15.6 Å². The molecule has 1 heterocycles. The van der Waals surface area contributed by atoms with Crippen molar-refractivity contribution >= 4 is 17.5 Å². The molecule has 4 nitrogen and oxygen atoms in total. The summed E-state index contributed by atoms with van der Waals surface area (Å²) in [7, 11) is 0. The molecule has 0 saturated heterocycles. The fourth-order valence-electron chi connectivity index (χ4n) is 0.413. The highest BCUT2D eigenvalue weighted by Gasteiger charge is 2.12. The summed E-state index contributed by atoms with van der Waals surface area (Å²) in [4.78, 5) is 16.8. The van der Waals surface area contributed by atoms with E-state index in [1.54, 1.807) is 6.92 Å². The van der Waals surface area contributed by atoms with Crippen LogP contribution in [0.15, 0.2) is 0 Å². The molecule has 1 rings (SSSR count). The van der Waals surface area contributed by atoms with Gasteiger partial charge in [-0.15, -0.1) is 0 Å². The first kappa shape index (κ1) is 7.07. The third kappa shape index (κ3) is 1.27. The largest absolute Gasteiger partial charge is 0.409 e. The minimum Gasteiger partial charge on any atom is -0.247 e. The van der Waals surface area contributed by atoms with Gasteiger partial charge < -0.3 is 0 Å². The zero-order chi connectivity index (χ0) is 7.56. The third-order valence-electron chi connectivity index (χ3n) is 0.772. The van der Waals surface area contributed by atoms with Crippen molar-refractivity contribution in [3.63, 3.8) is 0 Å². The maximum absolute atomic E-state index is 11.2. The second kappa shape index (κ2) is 2.70. The third-order valence-corrected chi connectivity index (χ3v) is 1.56. The Kier molecular flexibility index (Phi) is 1.91. The highest BCUT2D eigenvalue weighted by atomic mass is 32.1. The first-order chi connectivity index (χ1) is 4.74. The van der Waals surface area contributed by atoms with Crippen LogP contribution in [0, 0.1) is 6.92 Å². The number of aryl methyl sites for hydroxylation is 1. The summed E-state index contributed by atoms with van der Waals surface area (Å²) in [6.07, 6.45) is 0. The van der Waals surface area contributed by atoms with Crippen LogP contribution < -0.4 is 0 Å². The average Bonchev–Trinajstić information content (AvgIpc) is 2.34. The molecule has 0 bridgehead atoms. The summed E-state index contributed by atoms with van der Waals surface area (Å²) >= 11 is 0.807. The van der Waals surface area contributed by atoms with Crippen molar-refractivity contribution in [2.75, 3.05) is 0 Å². The lowest BCUT2D eigenvalue weighted by Crippen LogP contribution is -1.96. The van der Waals surface area contributed by atoms with E-state index < -0.39 is 5.97 Å². The number of nitrogens with zero attached hydrogens (tertiary/aromatic N) is 2. The molecule has 0 saturated carbocycles. The minimum absolute atomic E-state index is 0.0694. The van der Waals surface area contributed by atoms with Gasteiger partial charge in [-0.1, -0.05) is 0 Å². The molecule has 0 spiro atoms. The van der Waals surface area contributed by atoms with Gasteiger partial charge in [0.25, 0.3) is 0 Å². The fraction of sp³-hybridized carbons (Fsp3) is 0.250. The molecule has 6 heteroatoms. The summed E-state index contributed by atoms with van der Waals surface area (Å²) in [6.45, 7) is 1.60. The van der Waals surface area contributed by atoms with E-state index in [9.17, 15) is 9.32 Å². The lowest BCUT2D eigenvalue weighted by molar-refractivity contribution is -0.0788. The average molecular weight is 162 g/mol. The fourth-order valence-corrected chi connectivity index (χ4v) is 0.951. The predicted molar refractivity (Wildman–Crippen MR) is 31.2 cm³/mol. The Labute approximate surface area is 59.7 Å². The van der Waals surface area contributed by atoms with E-state index in [0.29, 0.717) is 5.82 Å². The van der Waals surface area contributed by atoms with Gasteiger partial charge in [-0.05, 0) is 18.5 Å². The van der Waals surface area contributed by atoms with E-state index >= 15 is 0 Å². The van der Waals surface area contributed by atoms with Crippen molar-refractivity contribution in [3.05, 3.63) is 10.8 Å². The second-order valence-electron chi connectivity index (χ2n) is 1.51. The van der Waals surface area contributed by atoms with Crippen LogP contribution in [0.4, 0.5) is 4.53 Å². The number of aromatic nitrogens is 2. The Balaban J connectivity index is 2.85. The number of hydrogen-bond donors (Lipinski definition) is 0. The SMILES string of the molecule is Cc1nsc(C(=O)OF)n1. The van der Waals surface area contributed by atoms with Crippen LogP contribution in [0.3, 0.4) is 0 Å². The topological polar surface area (TPSA) is 52.1 Å². The lowest BCUT2D eigenvalue weighted by atomic mass is 10.7. The molecule has 0 N–H and O–H groups in total. The highest BCUT2D eigenvalue weighted by Crippen LogP contribution is 2.04. The second-order valence-corrected chi connectivity index (χ2v) is 2.26. The smallest absolute Gasteiger partial charge is 0.247 e. The van der Waals surface area contributed by atoms with Gasteiger partial charge in [0.1, 0.15) is 5.82 Å². The summed E-state index contributed by atoms with van der Waals surface area (Å²) in [5, 5.41) is -0.0694. The van der Waals surface area contributed by atoms with Crippen LogP contribution >= 0.6 is 11.5 Å². The summed E-state index contributed by atoms with van der Waals surface area (Å²) in [5.74, 6) is -0.656. The Morgan fingerprint density at radius 2 is 2.50 bits per heavy atom. The van der Waals surface area contributed by atoms with Gasteiger partial charge in [-0.25, -0.2) is 14.7 Å². The quantitative estimate of drug-likeness (QED) is 0.615. The number of halogens is 1. The Bertz CT molecular complexity index is 249. The molecular weight excluding hydrogens is 159 g/mol. The van der Waals surface area contributed by atoms with Gasteiger partial charge >= 0.3 is 5.97 Å². The molecule has 0 aliphatic carbocycles. The molecule has 1 aromatic heterocycles. The van der Waals surface area contributed by atoms with Crippen molar-refractivity contribution in [2.45, 2.75) is 6.92 Å². The Morgan fingerprint density at radius 3 is 2.90 bits per heavy atom. The molecule has 10 heavy (non-hydrogen) atoms. The number of carbonyl (C=O) groups excluding carboxylic acids is 1. The van der Waals surface area contributed by atoms with Crippen LogP contribution in [0.25, 0.3) is 0 Å². The molecule has 0 amide bonds. The van der Waals surface area contributed by atoms with Gasteiger partial charge in [0, 0.05) is 4.53 Å². The summed E-state index contributed by atoms with van der Waals surface area (Å²) in [6, 6.07) is 0. The molecule has 0 aliphatic heterocycles. The van der Waals surface area contributed by atoms with E-state index in [1.165, 1.54) is 0 Å². The van der Waals surface area contributed by atoms with Crippen molar-refractivity contribution in [2.24, 2.45) is 0 Å². The van der Waals surface area contributed by atoms with Crippen molar-refractivity contribution in [3.8, 4) is 0 Å². The van der Waals surface area contributed by atoms with E-state index in [4.69, 9.17) is 0 Å². The van der Waals surface area contributed by atoms with Crippen LogP contribution in [-0.4, -0.2) is 15.3 Å². The van der Waals surface area contributed by atoms with E-state index in [2.05, 4.69) is 14.3 Å². The Morgan fingerprint density at radius 1 is 1.80 bits per heavy atom. The molecule has 0 aromatic carbocycles. The maximum Gasteiger partial charge on any atom is 0.409 e. The van der Waals surface area contributed by atoms with Gasteiger partial charge in [0.05, 0.1) is 0 Å². The molecule has 0 radical (unpaired) electrons. The van der Waals surface area contributed by atoms with Gasteiger partial charge in [0.2, 0.25) is 5.01 Å². The molecule has 54 valence electrons. The number of hydrogen-bond acceptors (Lipinski definition) is 5.